The molecule has 0 spiro atoms. The van der Waals surface area contributed by atoms with E-state index in [0.717, 1.165) is 23.3 Å². The number of methoxy groups -OCH3 is 1. The molecule has 1 fully saturated rings. The first-order chi connectivity index (χ1) is 14.8. The first-order valence-electron chi connectivity index (χ1n) is 9.89. The third-order valence-corrected chi connectivity index (χ3v) is 5.45. The van der Waals surface area contributed by atoms with Crippen LogP contribution in [0.2, 0.25) is 0 Å². The maximum Gasteiger partial charge on any atom is 0.416 e. The molecule has 2 unspecified atom stereocenters. The van der Waals surface area contributed by atoms with Gasteiger partial charge in [-0.3, -0.25) is 4.90 Å². The van der Waals surface area contributed by atoms with Crippen LogP contribution >= 0.6 is 0 Å². The first-order valence-corrected chi connectivity index (χ1v) is 9.89. The van der Waals surface area contributed by atoms with E-state index >= 15 is 0 Å². The van der Waals surface area contributed by atoms with Crippen molar-refractivity contribution in [3.05, 3.63) is 71.3 Å². The second-order valence-electron chi connectivity index (χ2n) is 7.55. The molecule has 2 aromatic carbocycles. The van der Waals surface area contributed by atoms with E-state index in [9.17, 15) is 18.0 Å². The fraction of sp³-hybridized carbons (Fsp3) is 0.348. The number of halogens is 3. The van der Waals surface area contributed by atoms with Gasteiger partial charge in [-0.1, -0.05) is 36.4 Å². The highest BCUT2D eigenvalue weighted by atomic mass is 19.4. The van der Waals surface area contributed by atoms with Crippen molar-refractivity contribution in [1.29, 1.82) is 0 Å². The lowest BCUT2D eigenvalue weighted by molar-refractivity contribution is -0.137. The summed E-state index contributed by atoms with van der Waals surface area (Å²) in [5, 5.41) is 0. The molecule has 1 saturated heterocycles. The van der Waals surface area contributed by atoms with Crippen molar-refractivity contribution < 1.29 is 32.2 Å². The zero-order valence-corrected chi connectivity index (χ0v) is 16.9. The number of hydrogen-bond donors (Lipinski definition) is 0. The van der Waals surface area contributed by atoms with Crippen LogP contribution in [0.4, 0.5) is 18.0 Å². The van der Waals surface area contributed by atoms with Crippen molar-refractivity contribution in [2.75, 3.05) is 20.3 Å². The number of ether oxygens (including phenoxy) is 3. The van der Waals surface area contributed by atoms with Gasteiger partial charge in [0.15, 0.2) is 0 Å². The lowest BCUT2D eigenvalue weighted by Gasteiger charge is -2.43. The average Bonchev–Trinajstić information content (AvgIpc) is 2.76. The van der Waals surface area contributed by atoms with Crippen LogP contribution in [0, 0.1) is 0 Å². The summed E-state index contributed by atoms with van der Waals surface area (Å²) in [6.07, 6.45) is -2.79. The number of carbonyl (C=O) groups excluding carboxylic acids is 1. The number of morpholine rings is 1. The largest absolute Gasteiger partial charge is 0.497 e. The van der Waals surface area contributed by atoms with Gasteiger partial charge >= 0.3 is 12.3 Å². The summed E-state index contributed by atoms with van der Waals surface area (Å²) in [4.78, 5) is 14.4. The minimum atomic E-state index is -4.48. The Morgan fingerprint density at radius 2 is 1.94 bits per heavy atom. The number of alkyl halides is 3. The lowest BCUT2D eigenvalue weighted by Crippen LogP contribution is -2.56. The van der Waals surface area contributed by atoms with Gasteiger partial charge < -0.3 is 14.2 Å². The number of nitrogens with zero attached hydrogens (tertiary/aromatic N) is 1. The molecule has 1 amide bonds. The fourth-order valence-corrected chi connectivity index (χ4v) is 3.95. The van der Waals surface area contributed by atoms with E-state index < -0.39 is 23.9 Å². The smallest absolute Gasteiger partial charge is 0.416 e. The minimum Gasteiger partial charge on any atom is -0.497 e. The topological polar surface area (TPSA) is 48.0 Å². The standard InChI is InChI=1S/C23H22F3NO4/c1-29-21-10-16(7-18(11-21)23(24,25)26)17-8-19-13-30-14-20(9-17)27(19)22(28)31-12-15-5-3-2-4-6-15/h2-8,10-11,19-20H,9,12-14H2,1H3. The zero-order chi connectivity index (χ0) is 22.0. The van der Waals surface area contributed by atoms with E-state index in [2.05, 4.69) is 0 Å². The van der Waals surface area contributed by atoms with Crippen molar-refractivity contribution in [3.8, 4) is 5.75 Å². The Balaban J connectivity index is 1.57. The average molecular weight is 433 g/mol. The van der Waals surface area contributed by atoms with Crippen molar-refractivity contribution >= 4 is 11.7 Å². The third-order valence-electron chi connectivity index (χ3n) is 5.45. The van der Waals surface area contributed by atoms with Crippen LogP contribution in [0.25, 0.3) is 5.57 Å². The summed E-state index contributed by atoms with van der Waals surface area (Å²) < 4.78 is 56.1. The number of benzene rings is 2. The Labute approximate surface area is 178 Å². The number of rotatable bonds is 4. The van der Waals surface area contributed by atoms with Gasteiger partial charge in [-0.15, -0.1) is 0 Å². The number of amides is 1. The molecule has 0 aromatic heterocycles. The summed E-state index contributed by atoms with van der Waals surface area (Å²) in [5.74, 6) is 0.136. The molecule has 4 rings (SSSR count). The van der Waals surface area contributed by atoms with Gasteiger partial charge in [0, 0.05) is 0 Å². The van der Waals surface area contributed by atoms with E-state index in [4.69, 9.17) is 14.2 Å². The Morgan fingerprint density at radius 3 is 2.61 bits per heavy atom. The van der Waals surface area contributed by atoms with Gasteiger partial charge in [0.1, 0.15) is 12.4 Å². The summed E-state index contributed by atoms with van der Waals surface area (Å²) in [5.41, 5.74) is 1.27. The lowest BCUT2D eigenvalue weighted by atomic mass is 9.89. The molecule has 0 saturated carbocycles. The molecule has 8 heteroatoms. The molecule has 2 bridgehead atoms. The molecule has 164 valence electrons. The van der Waals surface area contributed by atoms with Crippen molar-refractivity contribution in [2.45, 2.75) is 31.3 Å². The maximum atomic E-state index is 13.3. The Morgan fingerprint density at radius 1 is 1.16 bits per heavy atom. The van der Waals surface area contributed by atoms with Crippen LogP contribution in [0.5, 0.6) is 5.75 Å². The second-order valence-corrected chi connectivity index (χ2v) is 7.55. The predicted octanol–water partition coefficient (Wildman–Crippen LogP) is 4.91. The number of carbonyl (C=O) groups is 1. The molecule has 2 heterocycles. The van der Waals surface area contributed by atoms with Gasteiger partial charge in [0.25, 0.3) is 0 Å². The summed E-state index contributed by atoms with van der Waals surface area (Å²) in [6, 6.07) is 12.3. The molecule has 2 atom stereocenters. The summed E-state index contributed by atoms with van der Waals surface area (Å²) in [7, 11) is 1.33. The molecule has 2 aliphatic rings. The highest BCUT2D eigenvalue weighted by Crippen LogP contribution is 2.38. The molecular formula is C23H22F3NO4. The van der Waals surface area contributed by atoms with Crippen molar-refractivity contribution in [1.82, 2.24) is 4.90 Å². The van der Waals surface area contributed by atoms with Crippen molar-refractivity contribution in [2.24, 2.45) is 0 Å². The molecule has 0 radical (unpaired) electrons. The molecule has 5 nitrogen and oxygen atoms in total. The molecular weight excluding hydrogens is 411 g/mol. The highest BCUT2D eigenvalue weighted by molar-refractivity contribution is 5.75. The van der Waals surface area contributed by atoms with Crippen LogP contribution in [-0.4, -0.2) is 43.4 Å². The van der Waals surface area contributed by atoms with Gasteiger partial charge in [0.05, 0.1) is 38.0 Å². The summed E-state index contributed by atoms with van der Waals surface area (Å²) in [6.45, 7) is 0.707. The molecule has 0 aliphatic carbocycles. The van der Waals surface area contributed by atoms with E-state index in [1.807, 2.05) is 30.3 Å². The first kappa shape index (κ1) is 21.2. The normalized spacial score (nSPS) is 20.8. The maximum absolute atomic E-state index is 13.3. The van der Waals surface area contributed by atoms with Crippen molar-refractivity contribution in [3.63, 3.8) is 0 Å². The monoisotopic (exact) mass is 433 g/mol. The van der Waals surface area contributed by atoms with Crippen LogP contribution in [-0.2, 0) is 22.3 Å². The predicted molar refractivity (Wildman–Crippen MR) is 107 cm³/mol. The van der Waals surface area contributed by atoms with Gasteiger partial charge in [-0.2, -0.15) is 13.2 Å². The van der Waals surface area contributed by atoms with Crippen LogP contribution < -0.4 is 4.74 Å². The van der Waals surface area contributed by atoms with Crippen LogP contribution in [0.1, 0.15) is 23.1 Å². The highest BCUT2D eigenvalue weighted by Gasteiger charge is 2.39. The minimum absolute atomic E-state index is 0.136. The van der Waals surface area contributed by atoms with Gasteiger partial charge in [0.2, 0.25) is 0 Å². The van der Waals surface area contributed by atoms with E-state index in [1.165, 1.54) is 7.11 Å². The Hall–Kier alpha value is -3.00. The molecule has 31 heavy (non-hydrogen) atoms. The van der Waals surface area contributed by atoms with E-state index in [0.29, 0.717) is 18.6 Å². The van der Waals surface area contributed by atoms with Crippen LogP contribution in [0.15, 0.2) is 54.6 Å². The van der Waals surface area contributed by atoms with Gasteiger partial charge in [-0.05, 0) is 41.3 Å². The number of fused-ring (bicyclic) bond motifs is 2. The van der Waals surface area contributed by atoms with E-state index in [-0.39, 0.29) is 25.0 Å². The zero-order valence-electron chi connectivity index (χ0n) is 16.9. The molecule has 0 N–H and O–H groups in total. The second kappa shape index (κ2) is 8.63. The van der Waals surface area contributed by atoms with E-state index in [1.54, 1.807) is 17.0 Å². The molecule has 2 aliphatic heterocycles. The Kier molecular flexibility index (Phi) is 5.91. The SMILES string of the molecule is COc1cc(C2=CC3COCC(C2)N3C(=O)OCc2ccccc2)cc(C(F)(F)F)c1. The Bertz CT molecular complexity index is 975. The van der Waals surface area contributed by atoms with Gasteiger partial charge in [-0.25, -0.2) is 4.79 Å². The third kappa shape index (κ3) is 4.69. The number of hydrogen-bond acceptors (Lipinski definition) is 4. The van der Waals surface area contributed by atoms with Crippen LogP contribution in [0.3, 0.4) is 0 Å². The molecule has 2 aromatic rings. The fourth-order valence-electron chi connectivity index (χ4n) is 3.95. The summed E-state index contributed by atoms with van der Waals surface area (Å²) >= 11 is 0. The quantitative estimate of drug-likeness (QED) is 0.688.